The largest absolute Gasteiger partial charge is 0.363 e. The second-order valence-electron chi connectivity index (χ2n) is 11.8. The Kier molecular flexibility index (Phi) is 7.18. The van der Waals surface area contributed by atoms with Crippen molar-refractivity contribution in [2.45, 2.75) is 81.6 Å². The number of likely N-dealkylation sites (tertiary alicyclic amines) is 1. The standard InChI is InChI=1S/C32H38N2O4S2/c1-4-40(36,37)27-11-7-24(8-12-27)21-33-30(35)28-19-26-20-31(13-14-31)38-32(29(26)39-28)15-17-34(18-16-32)23(3)25-9-5-22(2)6-10-25/h5-12,19,23H,4,13-18,20-21H2,1-3H3,(H,33,35). The molecular formula is C32H38N2O4S2. The molecule has 2 aromatic carbocycles. The maximum absolute atomic E-state index is 13.2. The van der Waals surface area contributed by atoms with Gasteiger partial charge in [0.05, 0.1) is 21.1 Å². The van der Waals surface area contributed by atoms with Gasteiger partial charge in [-0.05, 0) is 74.4 Å². The van der Waals surface area contributed by atoms with Crippen LogP contribution < -0.4 is 5.32 Å². The van der Waals surface area contributed by atoms with E-state index in [1.807, 2.05) is 0 Å². The van der Waals surface area contributed by atoms with Crippen molar-refractivity contribution < 1.29 is 17.9 Å². The second kappa shape index (κ2) is 10.4. The van der Waals surface area contributed by atoms with Gasteiger partial charge >= 0.3 is 0 Å². The summed E-state index contributed by atoms with van der Waals surface area (Å²) >= 11 is 1.59. The van der Waals surface area contributed by atoms with Crippen molar-refractivity contribution >= 4 is 27.1 Å². The Hall–Kier alpha value is -2.52. The number of hydrogen-bond acceptors (Lipinski definition) is 6. The van der Waals surface area contributed by atoms with Crippen LogP contribution in [0.4, 0.5) is 0 Å². The van der Waals surface area contributed by atoms with Gasteiger partial charge < -0.3 is 10.1 Å². The van der Waals surface area contributed by atoms with Crippen LogP contribution in [0.2, 0.25) is 0 Å². The highest BCUT2D eigenvalue weighted by Gasteiger charge is 2.56. The Balaban J connectivity index is 1.15. The number of thiophene rings is 1. The molecular weight excluding hydrogens is 540 g/mol. The highest BCUT2D eigenvalue weighted by molar-refractivity contribution is 7.91. The lowest BCUT2D eigenvalue weighted by Gasteiger charge is -2.48. The lowest BCUT2D eigenvalue weighted by atomic mass is 9.82. The number of sulfone groups is 1. The topological polar surface area (TPSA) is 75.7 Å². The van der Waals surface area contributed by atoms with E-state index >= 15 is 0 Å². The van der Waals surface area contributed by atoms with Crippen LogP contribution in [-0.2, 0) is 33.1 Å². The first kappa shape index (κ1) is 27.6. The molecule has 0 radical (unpaired) electrons. The third-order valence-corrected chi connectivity index (χ3v) is 12.1. The molecule has 6 rings (SSSR count). The fraction of sp³-hybridized carbons (Fsp3) is 0.469. The highest BCUT2D eigenvalue weighted by Crippen LogP contribution is 2.57. The van der Waals surface area contributed by atoms with Gasteiger partial charge in [-0.15, -0.1) is 11.3 Å². The third-order valence-electron chi connectivity index (χ3n) is 9.01. The van der Waals surface area contributed by atoms with Gasteiger partial charge in [-0.25, -0.2) is 8.42 Å². The van der Waals surface area contributed by atoms with Crippen molar-refractivity contribution in [1.82, 2.24) is 10.2 Å². The Morgan fingerprint density at radius 3 is 2.35 bits per heavy atom. The van der Waals surface area contributed by atoms with E-state index in [4.69, 9.17) is 4.74 Å². The minimum Gasteiger partial charge on any atom is -0.363 e. The number of piperidine rings is 1. The van der Waals surface area contributed by atoms with Crippen molar-refractivity contribution in [2.75, 3.05) is 18.8 Å². The Morgan fingerprint density at radius 2 is 1.73 bits per heavy atom. The molecule has 1 saturated carbocycles. The summed E-state index contributed by atoms with van der Waals surface area (Å²) in [4.78, 5) is 18.1. The molecule has 6 nitrogen and oxygen atoms in total. The molecule has 40 heavy (non-hydrogen) atoms. The molecule has 1 amide bonds. The van der Waals surface area contributed by atoms with Crippen LogP contribution in [-0.4, -0.2) is 43.7 Å². The molecule has 1 aliphatic carbocycles. The molecule has 8 heteroatoms. The lowest BCUT2D eigenvalue weighted by Crippen LogP contribution is -2.49. The quantitative estimate of drug-likeness (QED) is 0.376. The molecule has 1 aromatic heterocycles. The Bertz CT molecular complexity index is 1500. The molecule has 1 N–H and O–H groups in total. The maximum Gasteiger partial charge on any atom is 0.261 e. The number of nitrogens with zero attached hydrogens (tertiary/aromatic N) is 1. The van der Waals surface area contributed by atoms with E-state index < -0.39 is 9.84 Å². The number of ether oxygens (including phenoxy) is 1. The average molecular weight is 579 g/mol. The molecule has 2 aliphatic heterocycles. The average Bonchev–Trinajstić information content (AvgIpc) is 3.55. The number of fused-ring (bicyclic) bond motifs is 2. The summed E-state index contributed by atoms with van der Waals surface area (Å²) < 4.78 is 31.1. The molecule has 3 aliphatic rings. The maximum atomic E-state index is 13.2. The van der Waals surface area contributed by atoms with Gasteiger partial charge in [-0.2, -0.15) is 0 Å². The second-order valence-corrected chi connectivity index (χ2v) is 15.1. The highest BCUT2D eigenvalue weighted by atomic mass is 32.2. The number of hydrogen-bond donors (Lipinski definition) is 1. The van der Waals surface area contributed by atoms with Crippen LogP contribution in [0.25, 0.3) is 0 Å². The van der Waals surface area contributed by atoms with Crippen LogP contribution >= 0.6 is 11.3 Å². The van der Waals surface area contributed by atoms with Crippen molar-refractivity contribution in [3.63, 3.8) is 0 Å². The van der Waals surface area contributed by atoms with Crippen LogP contribution in [0.5, 0.6) is 0 Å². The molecule has 2 spiro atoms. The molecule has 1 unspecified atom stereocenters. The number of nitrogens with one attached hydrogen (secondary N) is 1. The molecule has 212 valence electrons. The summed E-state index contributed by atoms with van der Waals surface area (Å²) in [7, 11) is -3.23. The predicted octanol–water partition coefficient (Wildman–Crippen LogP) is 5.94. The number of benzene rings is 2. The van der Waals surface area contributed by atoms with Gasteiger partial charge in [0, 0.05) is 37.0 Å². The van der Waals surface area contributed by atoms with E-state index in [1.54, 1.807) is 42.5 Å². The van der Waals surface area contributed by atoms with Crippen LogP contribution in [0.15, 0.2) is 59.5 Å². The zero-order valence-corrected chi connectivity index (χ0v) is 25.2. The first-order chi connectivity index (χ1) is 19.1. The van der Waals surface area contributed by atoms with Crippen LogP contribution in [0.1, 0.15) is 82.4 Å². The normalized spacial score (nSPS) is 20.3. The Morgan fingerprint density at radius 1 is 1.05 bits per heavy atom. The Labute approximate surface area is 241 Å². The molecule has 1 saturated heterocycles. The van der Waals surface area contributed by atoms with E-state index in [2.05, 4.69) is 54.4 Å². The molecule has 0 bridgehead atoms. The summed E-state index contributed by atoms with van der Waals surface area (Å²) in [6, 6.07) is 18.1. The number of amides is 1. The van der Waals surface area contributed by atoms with Gasteiger partial charge in [-0.1, -0.05) is 48.9 Å². The minimum atomic E-state index is -3.23. The van der Waals surface area contributed by atoms with E-state index in [9.17, 15) is 13.2 Å². The van der Waals surface area contributed by atoms with E-state index in [0.29, 0.717) is 17.5 Å². The van der Waals surface area contributed by atoms with E-state index in [0.717, 1.165) is 55.6 Å². The van der Waals surface area contributed by atoms with Gasteiger partial charge in [-0.3, -0.25) is 9.69 Å². The predicted molar refractivity (Wildman–Crippen MR) is 158 cm³/mol. The number of carbonyl (C=O) groups excluding carboxylic acids is 1. The monoisotopic (exact) mass is 578 g/mol. The van der Waals surface area contributed by atoms with Gasteiger partial charge in [0.2, 0.25) is 0 Å². The molecule has 3 aromatic rings. The van der Waals surface area contributed by atoms with Crippen molar-refractivity contribution in [2.24, 2.45) is 0 Å². The van der Waals surface area contributed by atoms with Gasteiger partial charge in [0.15, 0.2) is 9.84 Å². The summed E-state index contributed by atoms with van der Waals surface area (Å²) in [6.45, 7) is 8.34. The number of rotatable bonds is 7. The van der Waals surface area contributed by atoms with Crippen LogP contribution in [0, 0.1) is 6.92 Å². The fourth-order valence-corrected chi connectivity index (χ4v) is 8.39. The van der Waals surface area contributed by atoms with E-state index in [1.165, 1.54) is 21.6 Å². The summed E-state index contributed by atoms with van der Waals surface area (Å²) in [6.07, 6.45) is 4.96. The lowest BCUT2D eigenvalue weighted by molar-refractivity contribution is -0.152. The molecule has 3 heterocycles. The first-order valence-electron chi connectivity index (χ1n) is 14.4. The summed E-state index contributed by atoms with van der Waals surface area (Å²) in [5, 5.41) is 3.04. The minimum absolute atomic E-state index is 0.0485. The third kappa shape index (κ3) is 5.27. The fourth-order valence-electron chi connectivity index (χ4n) is 6.23. The zero-order chi connectivity index (χ0) is 28.1. The first-order valence-corrected chi connectivity index (χ1v) is 16.8. The van der Waals surface area contributed by atoms with Crippen molar-refractivity contribution in [3.8, 4) is 0 Å². The van der Waals surface area contributed by atoms with Gasteiger partial charge in [0.1, 0.15) is 5.60 Å². The van der Waals surface area contributed by atoms with Crippen LogP contribution in [0.3, 0.4) is 0 Å². The van der Waals surface area contributed by atoms with Gasteiger partial charge in [0.25, 0.3) is 5.91 Å². The van der Waals surface area contributed by atoms with Crippen molar-refractivity contribution in [1.29, 1.82) is 0 Å². The summed E-state index contributed by atoms with van der Waals surface area (Å²) in [5.41, 5.74) is 4.43. The zero-order valence-electron chi connectivity index (χ0n) is 23.5. The molecule has 2 fully saturated rings. The number of carbonyl (C=O) groups is 1. The summed E-state index contributed by atoms with van der Waals surface area (Å²) in [5.74, 6) is -0.0160. The SMILES string of the molecule is CCS(=O)(=O)c1ccc(CNC(=O)c2cc3c(s2)C2(CCN(C(C)c4ccc(C)cc4)CC2)OC2(CC2)C3)cc1. The number of aryl methyl sites for hydroxylation is 1. The van der Waals surface area contributed by atoms with Crippen molar-refractivity contribution in [3.05, 3.63) is 86.6 Å². The smallest absolute Gasteiger partial charge is 0.261 e. The van der Waals surface area contributed by atoms with E-state index in [-0.39, 0.29) is 22.9 Å². The molecule has 1 atom stereocenters.